The highest BCUT2D eigenvalue weighted by molar-refractivity contribution is 5.37. The molecule has 1 atom stereocenters. The maximum Gasteiger partial charge on any atom is 0.151 e. The molecule has 1 aromatic heterocycles. The first-order chi connectivity index (χ1) is 10.8. The Bertz CT molecular complexity index is 616. The summed E-state index contributed by atoms with van der Waals surface area (Å²) in [5.41, 5.74) is 2.25. The third-order valence-corrected chi connectivity index (χ3v) is 3.99. The summed E-state index contributed by atoms with van der Waals surface area (Å²) in [5, 5.41) is 17.5. The van der Waals surface area contributed by atoms with Gasteiger partial charge in [-0.15, -0.1) is 5.10 Å². The Morgan fingerprint density at radius 2 is 2.09 bits per heavy atom. The van der Waals surface area contributed by atoms with Gasteiger partial charge in [-0.25, -0.2) is 0 Å². The molecule has 2 aromatic rings. The number of anilines is 1. The summed E-state index contributed by atoms with van der Waals surface area (Å²) in [7, 11) is 1.89. The van der Waals surface area contributed by atoms with Crippen LogP contribution < -0.4 is 9.64 Å². The van der Waals surface area contributed by atoms with Crippen molar-refractivity contribution in [2.24, 2.45) is 5.92 Å². The largest absolute Gasteiger partial charge is 0.493 e. The molecule has 0 bridgehead atoms. The molecule has 1 aromatic carbocycles. The monoisotopic (exact) mass is 299 g/mol. The second-order valence-corrected chi connectivity index (χ2v) is 5.72. The van der Waals surface area contributed by atoms with Crippen molar-refractivity contribution in [1.29, 1.82) is 0 Å². The maximum absolute atomic E-state index is 8.95. The molecule has 0 amide bonds. The van der Waals surface area contributed by atoms with E-state index in [1.165, 1.54) is 5.56 Å². The van der Waals surface area contributed by atoms with Crippen LogP contribution >= 0.6 is 0 Å². The highest BCUT2D eigenvalue weighted by atomic mass is 16.5. The quantitative estimate of drug-likeness (QED) is 0.910. The van der Waals surface area contributed by atoms with E-state index in [0.29, 0.717) is 12.5 Å². The summed E-state index contributed by atoms with van der Waals surface area (Å²) in [5.74, 6) is 2.22. The molecule has 0 fully saturated rings. The van der Waals surface area contributed by atoms with Gasteiger partial charge in [0.25, 0.3) is 0 Å². The van der Waals surface area contributed by atoms with Crippen LogP contribution in [-0.4, -0.2) is 42.1 Å². The molecule has 1 N–H and O–H groups in total. The lowest BCUT2D eigenvalue weighted by Gasteiger charge is -2.25. The molecule has 1 aliphatic heterocycles. The Hall–Kier alpha value is -2.14. The number of aliphatic hydroxyl groups is 1. The van der Waals surface area contributed by atoms with Gasteiger partial charge in [0.15, 0.2) is 5.82 Å². The zero-order valence-corrected chi connectivity index (χ0v) is 12.8. The molecule has 22 heavy (non-hydrogen) atoms. The molecule has 116 valence electrons. The van der Waals surface area contributed by atoms with Crippen LogP contribution in [0.25, 0.3) is 0 Å². The van der Waals surface area contributed by atoms with Gasteiger partial charge in [0, 0.05) is 19.5 Å². The molecule has 5 nitrogen and oxygen atoms in total. The first kappa shape index (κ1) is 14.8. The number of nitrogens with zero attached hydrogens (tertiary/aromatic N) is 3. The fourth-order valence-electron chi connectivity index (χ4n) is 2.75. The highest BCUT2D eigenvalue weighted by Crippen LogP contribution is 2.28. The smallest absolute Gasteiger partial charge is 0.151 e. The van der Waals surface area contributed by atoms with E-state index in [-0.39, 0.29) is 6.61 Å². The SMILES string of the molecule is CN(CCO)c1ccc(CC2COc3ccccc3C2)nn1. The second kappa shape index (κ2) is 6.75. The first-order valence-electron chi connectivity index (χ1n) is 7.61. The lowest BCUT2D eigenvalue weighted by Crippen LogP contribution is -2.24. The summed E-state index contributed by atoms with van der Waals surface area (Å²) in [4.78, 5) is 1.89. The van der Waals surface area contributed by atoms with E-state index < -0.39 is 0 Å². The first-order valence-corrected chi connectivity index (χ1v) is 7.61. The van der Waals surface area contributed by atoms with Gasteiger partial charge in [0.1, 0.15) is 5.75 Å². The van der Waals surface area contributed by atoms with Crippen molar-refractivity contribution in [3.05, 3.63) is 47.7 Å². The summed E-state index contributed by atoms with van der Waals surface area (Å²) in [6.07, 6.45) is 1.88. The normalized spacial score (nSPS) is 16.7. The molecular weight excluding hydrogens is 278 g/mol. The van der Waals surface area contributed by atoms with Crippen molar-refractivity contribution >= 4 is 5.82 Å². The Labute approximate surface area is 130 Å². The average Bonchev–Trinajstić information content (AvgIpc) is 2.56. The molecular formula is C17H21N3O2. The van der Waals surface area contributed by atoms with Crippen LogP contribution in [0.3, 0.4) is 0 Å². The molecule has 1 aliphatic rings. The van der Waals surface area contributed by atoms with Gasteiger partial charge in [-0.1, -0.05) is 18.2 Å². The van der Waals surface area contributed by atoms with Crippen molar-refractivity contribution in [2.75, 3.05) is 31.7 Å². The minimum Gasteiger partial charge on any atom is -0.493 e. The summed E-state index contributed by atoms with van der Waals surface area (Å²) in [6, 6.07) is 12.2. The lowest BCUT2D eigenvalue weighted by atomic mass is 9.93. The molecule has 2 heterocycles. The standard InChI is InChI=1S/C17H21N3O2/c1-20(8-9-21)17-7-6-15(18-19-17)11-13-10-14-4-2-3-5-16(14)22-12-13/h2-7,13,21H,8-12H2,1H3. The van der Waals surface area contributed by atoms with Gasteiger partial charge >= 0.3 is 0 Å². The van der Waals surface area contributed by atoms with E-state index in [1.54, 1.807) is 0 Å². The molecule has 1 unspecified atom stereocenters. The highest BCUT2D eigenvalue weighted by Gasteiger charge is 2.20. The van der Waals surface area contributed by atoms with Gasteiger partial charge < -0.3 is 14.7 Å². The van der Waals surface area contributed by atoms with Crippen LogP contribution in [0.2, 0.25) is 0 Å². The third-order valence-electron chi connectivity index (χ3n) is 3.99. The fraction of sp³-hybridized carbons (Fsp3) is 0.412. The van der Waals surface area contributed by atoms with Crippen LogP contribution in [0.1, 0.15) is 11.3 Å². The molecule has 0 saturated heterocycles. The summed E-state index contributed by atoms with van der Waals surface area (Å²) >= 11 is 0. The van der Waals surface area contributed by atoms with Gasteiger partial charge in [-0.2, -0.15) is 5.10 Å². The van der Waals surface area contributed by atoms with E-state index in [2.05, 4.69) is 22.3 Å². The number of hydrogen-bond donors (Lipinski definition) is 1. The van der Waals surface area contributed by atoms with Crippen LogP contribution in [-0.2, 0) is 12.8 Å². The number of likely N-dealkylation sites (N-methyl/N-ethyl adjacent to an activating group) is 1. The van der Waals surface area contributed by atoms with E-state index in [1.807, 2.05) is 36.2 Å². The minimum absolute atomic E-state index is 0.110. The Balaban J connectivity index is 1.62. The van der Waals surface area contributed by atoms with Crippen LogP contribution in [0.5, 0.6) is 5.75 Å². The fourth-order valence-corrected chi connectivity index (χ4v) is 2.75. The molecule has 0 saturated carbocycles. The number of ether oxygens (including phenoxy) is 1. The lowest BCUT2D eigenvalue weighted by molar-refractivity contribution is 0.220. The van der Waals surface area contributed by atoms with E-state index in [0.717, 1.165) is 36.7 Å². The van der Waals surface area contributed by atoms with E-state index >= 15 is 0 Å². The molecule has 0 spiro atoms. The van der Waals surface area contributed by atoms with Crippen molar-refractivity contribution in [3.8, 4) is 5.75 Å². The minimum atomic E-state index is 0.110. The van der Waals surface area contributed by atoms with Gasteiger partial charge in [-0.3, -0.25) is 0 Å². The van der Waals surface area contributed by atoms with Crippen molar-refractivity contribution in [3.63, 3.8) is 0 Å². The average molecular weight is 299 g/mol. The molecule has 3 rings (SSSR count). The van der Waals surface area contributed by atoms with Gasteiger partial charge in [0.05, 0.1) is 18.9 Å². The number of para-hydroxylation sites is 1. The molecule has 5 heteroatoms. The van der Waals surface area contributed by atoms with Crippen LogP contribution in [0.4, 0.5) is 5.82 Å². The van der Waals surface area contributed by atoms with Crippen LogP contribution in [0.15, 0.2) is 36.4 Å². The predicted octanol–water partition coefficient (Wildman–Crippen LogP) is 1.70. The number of hydrogen-bond acceptors (Lipinski definition) is 5. The Kier molecular flexibility index (Phi) is 4.53. The summed E-state index contributed by atoms with van der Waals surface area (Å²) < 4.78 is 5.82. The zero-order valence-electron chi connectivity index (χ0n) is 12.8. The van der Waals surface area contributed by atoms with Gasteiger partial charge in [0.2, 0.25) is 0 Å². The molecule has 0 aliphatic carbocycles. The second-order valence-electron chi connectivity index (χ2n) is 5.72. The van der Waals surface area contributed by atoms with Crippen LogP contribution in [0, 0.1) is 5.92 Å². The number of aromatic nitrogens is 2. The number of rotatable bonds is 5. The van der Waals surface area contributed by atoms with Crippen molar-refractivity contribution in [1.82, 2.24) is 10.2 Å². The summed E-state index contributed by atoms with van der Waals surface area (Å²) in [6.45, 7) is 1.39. The number of fused-ring (bicyclic) bond motifs is 1. The van der Waals surface area contributed by atoms with Crippen molar-refractivity contribution < 1.29 is 9.84 Å². The van der Waals surface area contributed by atoms with Gasteiger partial charge in [-0.05, 0) is 36.6 Å². The molecule has 0 radical (unpaired) electrons. The maximum atomic E-state index is 8.95. The Morgan fingerprint density at radius 1 is 1.23 bits per heavy atom. The number of aliphatic hydroxyl groups excluding tert-OH is 1. The van der Waals surface area contributed by atoms with E-state index in [4.69, 9.17) is 9.84 Å². The zero-order chi connectivity index (χ0) is 15.4. The predicted molar refractivity (Wildman–Crippen MR) is 85.2 cm³/mol. The van der Waals surface area contributed by atoms with E-state index in [9.17, 15) is 0 Å². The van der Waals surface area contributed by atoms with Crippen molar-refractivity contribution in [2.45, 2.75) is 12.8 Å². The number of benzene rings is 1. The third kappa shape index (κ3) is 3.36. The Morgan fingerprint density at radius 3 is 2.86 bits per heavy atom. The topological polar surface area (TPSA) is 58.5 Å².